The molecule has 7 heteroatoms. The van der Waals surface area contributed by atoms with E-state index in [2.05, 4.69) is 10.1 Å². The van der Waals surface area contributed by atoms with Crippen LogP contribution in [0.2, 0.25) is 5.02 Å². The van der Waals surface area contributed by atoms with Crippen molar-refractivity contribution in [2.75, 3.05) is 7.05 Å². The zero-order valence-electron chi connectivity index (χ0n) is 15.3. The summed E-state index contributed by atoms with van der Waals surface area (Å²) >= 11 is 6.15. The summed E-state index contributed by atoms with van der Waals surface area (Å²) in [5.41, 5.74) is 1.75. The highest BCUT2D eigenvalue weighted by molar-refractivity contribution is 6.33. The molecule has 3 aromatic rings. The number of hydrogen-bond donors (Lipinski definition) is 0. The number of benzene rings is 2. The highest BCUT2D eigenvalue weighted by Gasteiger charge is 2.22. The standard InChI is InChI=1S/C20H20ClN3O3/c1-13-7-6-8-15(11-13)26-14(2)20(25)24(3)12-18-22-19(23-27-18)16-9-4-5-10-17(16)21/h4-11,14H,12H2,1-3H3/t14-/m1/s1. The molecule has 27 heavy (non-hydrogen) atoms. The molecule has 1 heterocycles. The Morgan fingerprint density at radius 3 is 2.78 bits per heavy atom. The zero-order valence-corrected chi connectivity index (χ0v) is 16.1. The summed E-state index contributed by atoms with van der Waals surface area (Å²) in [6.07, 6.45) is -0.636. The molecule has 1 amide bonds. The second-order valence-electron chi connectivity index (χ2n) is 6.26. The molecule has 3 rings (SSSR count). The number of aryl methyl sites for hydroxylation is 1. The molecule has 140 valence electrons. The fourth-order valence-electron chi connectivity index (χ4n) is 2.61. The maximum Gasteiger partial charge on any atom is 0.263 e. The van der Waals surface area contributed by atoms with E-state index < -0.39 is 6.10 Å². The molecular formula is C20H20ClN3O3. The third kappa shape index (κ3) is 4.65. The molecule has 2 aromatic carbocycles. The van der Waals surface area contributed by atoms with Crippen LogP contribution in [0.3, 0.4) is 0 Å². The van der Waals surface area contributed by atoms with Crippen LogP contribution < -0.4 is 4.74 Å². The Kier molecular flexibility index (Phi) is 5.76. The Hall–Kier alpha value is -2.86. The highest BCUT2D eigenvalue weighted by atomic mass is 35.5. The van der Waals surface area contributed by atoms with Crippen LogP contribution >= 0.6 is 11.6 Å². The van der Waals surface area contributed by atoms with Crippen molar-refractivity contribution >= 4 is 17.5 Å². The van der Waals surface area contributed by atoms with Gasteiger partial charge in [0.15, 0.2) is 6.10 Å². The number of hydrogen-bond acceptors (Lipinski definition) is 5. The normalized spacial score (nSPS) is 11.9. The van der Waals surface area contributed by atoms with E-state index >= 15 is 0 Å². The second-order valence-corrected chi connectivity index (χ2v) is 6.67. The van der Waals surface area contributed by atoms with E-state index in [9.17, 15) is 4.79 Å². The van der Waals surface area contributed by atoms with E-state index in [0.717, 1.165) is 5.56 Å². The van der Waals surface area contributed by atoms with Gasteiger partial charge in [0, 0.05) is 12.6 Å². The lowest BCUT2D eigenvalue weighted by Crippen LogP contribution is -2.37. The minimum atomic E-state index is -0.636. The van der Waals surface area contributed by atoms with Crippen molar-refractivity contribution in [3.63, 3.8) is 0 Å². The van der Waals surface area contributed by atoms with Crippen LogP contribution in [0, 0.1) is 6.92 Å². The molecule has 0 radical (unpaired) electrons. The Morgan fingerprint density at radius 1 is 1.26 bits per heavy atom. The van der Waals surface area contributed by atoms with Crippen molar-refractivity contribution in [3.8, 4) is 17.1 Å². The monoisotopic (exact) mass is 385 g/mol. The van der Waals surface area contributed by atoms with Crippen molar-refractivity contribution in [2.24, 2.45) is 0 Å². The summed E-state index contributed by atoms with van der Waals surface area (Å²) in [4.78, 5) is 18.4. The van der Waals surface area contributed by atoms with Gasteiger partial charge in [-0.15, -0.1) is 0 Å². The molecule has 1 atom stereocenters. The smallest absolute Gasteiger partial charge is 0.263 e. The van der Waals surface area contributed by atoms with Gasteiger partial charge in [-0.25, -0.2) is 0 Å². The van der Waals surface area contributed by atoms with E-state index in [0.29, 0.717) is 28.1 Å². The number of carbonyl (C=O) groups excluding carboxylic acids is 1. The van der Waals surface area contributed by atoms with Gasteiger partial charge >= 0.3 is 0 Å². The van der Waals surface area contributed by atoms with Gasteiger partial charge in [0.05, 0.1) is 11.6 Å². The number of halogens is 1. The quantitative estimate of drug-likeness (QED) is 0.638. The minimum Gasteiger partial charge on any atom is -0.481 e. The van der Waals surface area contributed by atoms with Gasteiger partial charge in [-0.3, -0.25) is 4.79 Å². The first kappa shape index (κ1) is 18.9. The van der Waals surface area contributed by atoms with Gasteiger partial charge in [0.2, 0.25) is 11.7 Å². The number of aromatic nitrogens is 2. The van der Waals surface area contributed by atoms with Crippen molar-refractivity contribution in [1.29, 1.82) is 0 Å². The number of nitrogens with zero attached hydrogens (tertiary/aromatic N) is 3. The van der Waals surface area contributed by atoms with Crippen LogP contribution in [-0.4, -0.2) is 34.1 Å². The molecule has 0 fully saturated rings. The first-order valence-corrected chi connectivity index (χ1v) is 8.87. The van der Waals surface area contributed by atoms with Crippen LogP contribution in [0.25, 0.3) is 11.4 Å². The van der Waals surface area contributed by atoms with E-state index in [4.69, 9.17) is 20.9 Å². The third-order valence-electron chi connectivity index (χ3n) is 3.98. The molecular weight excluding hydrogens is 366 g/mol. The maximum absolute atomic E-state index is 12.6. The van der Waals surface area contributed by atoms with E-state index in [1.807, 2.05) is 49.4 Å². The Balaban J connectivity index is 1.64. The van der Waals surface area contributed by atoms with Gasteiger partial charge in [0.1, 0.15) is 5.75 Å². The topological polar surface area (TPSA) is 68.5 Å². The van der Waals surface area contributed by atoms with Crippen LogP contribution in [-0.2, 0) is 11.3 Å². The molecule has 0 spiro atoms. The Morgan fingerprint density at radius 2 is 2.04 bits per heavy atom. The fourth-order valence-corrected chi connectivity index (χ4v) is 2.83. The zero-order chi connectivity index (χ0) is 19.4. The lowest BCUT2D eigenvalue weighted by atomic mass is 10.2. The Labute approximate surface area is 162 Å². The van der Waals surface area contributed by atoms with Crippen LogP contribution in [0.15, 0.2) is 53.1 Å². The summed E-state index contributed by atoms with van der Waals surface area (Å²) < 4.78 is 11.0. The number of carbonyl (C=O) groups is 1. The Bertz CT molecular complexity index is 941. The molecule has 0 bridgehead atoms. The first-order chi connectivity index (χ1) is 12.9. The average molecular weight is 386 g/mol. The maximum atomic E-state index is 12.6. The minimum absolute atomic E-state index is 0.178. The van der Waals surface area contributed by atoms with Crippen LogP contribution in [0.4, 0.5) is 0 Å². The highest BCUT2D eigenvalue weighted by Crippen LogP contribution is 2.25. The molecule has 0 aliphatic rings. The van der Waals surface area contributed by atoms with E-state index in [1.54, 1.807) is 20.0 Å². The summed E-state index contributed by atoms with van der Waals surface area (Å²) in [5.74, 6) is 1.18. The average Bonchev–Trinajstić information content (AvgIpc) is 3.09. The first-order valence-electron chi connectivity index (χ1n) is 8.50. The largest absolute Gasteiger partial charge is 0.481 e. The number of rotatable bonds is 6. The van der Waals surface area contributed by atoms with Crippen molar-refractivity contribution in [2.45, 2.75) is 26.5 Å². The lowest BCUT2D eigenvalue weighted by Gasteiger charge is -2.20. The molecule has 0 unspecified atom stereocenters. The number of likely N-dealkylation sites (N-methyl/N-ethyl adjacent to an activating group) is 1. The van der Waals surface area contributed by atoms with E-state index in [1.165, 1.54) is 4.90 Å². The van der Waals surface area contributed by atoms with Crippen molar-refractivity contribution < 1.29 is 14.1 Å². The van der Waals surface area contributed by atoms with Crippen molar-refractivity contribution in [3.05, 3.63) is 65.0 Å². The number of amides is 1. The van der Waals surface area contributed by atoms with E-state index in [-0.39, 0.29) is 12.5 Å². The predicted molar refractivity (Wildman–Crippen MR) is 102 cm³/mol. The SMILES string of the molecule is Cc1cccc(O[C@H](C)C(=O)N(C)Cc2nc(-c3ccccc3Cl)no2)c1. The van der Waals surface area contributed by atoms with Gasteiger partial charge < -0.3 is 14.2 Å². The molecule has 0 aliphatic carbocycles. The summed E-state index contributed by atoms with van der Waals surface area (Å²) in [6.45, 7) is 3.86. The molecule has 0 aliphatic heterocycles. The summed E-state index contributed by atoms with van der Waals surface area (Å²) in [7, 11) is 1.66. The van der Waals surface area contributed by atoms with Crippen molar-refractivity contribution in [1.82, 2.24) is 15.0 Å². The molecule has 1 aromatic heterocycles. The van der Waals surface area contributed by atoms with Crippen LogP contribution in [0.5, 0.6) is 5.75 Å². The fraction of sp³-hybridized carbons (Fsp3) is 0.250. The predicted octanol–water partition coefficient (Wildman–Crippen LogP) is 4.12. The van der Waals surface area contributed by atoms with Gasteiger partial charge in [-0.2, -0.15) is 4.98 Å². The molecule has 0 saturated carbocycles. The van der Waals surface area contributed by atoms with Gasteiger partial charge in [0.25, 0.3) is 5.91 Å². The van der Waals surface area contributed by atoms with Gasteiger partial charge in [-0.1, -0.05) is 41.0 Å². The summed E-state index contributed by atoms with van der Waals surface area (Å²) in [6, 6.07) is 14.8. The lowest BCUT2D eigenvalue weighted by molar-refractivity contribution is -0.137. The molecule has 6 nitrogen and oxygen atoms in total. The number of ether oxygens (including phenoxy) is 1. The molecule has 0 saturated heterocycles. The van der Waals surface area contributed by atoms with Crippen LogP contribution in [0.1, 0.15) is 18.4 Å². The van der Waals surface area contributed by atoms with Gasteiger partial charge in [-0.05, 0) is 43.7 Å². The third-order valence-corrected chi connectivity index (χ3v) is 4.31. The second kappa shape index (κ2) is 8.22. The molecule has 0 N–H and O–H groups in total. The summed E-state index contributed by atoms with van der Waals surface area (Å²) in [5, 5.41) is 4.48.